The van der Waals surface area contributed by atoms with Gasteiger partial charge in [-0.2, -0.15) is 0 Å². The number of amides is 1. The highest BCUT2D eigenvalue weighted by atomic mass is 16.5. The van der Waals surface area contributed by atoms with Crippen molar-refractivity contribution in [2.24, 2.45) is 5.92 Å². The van der Waals surface area contributed by atoms with Crippen molar-refractivity contribution in [2.45, 2.75) is 58.9 Å². The molecule has 0 unspecified atom stereocenters. The molecule has 1 saturated heterocycles. The second kappa shape index (κ2) is 11.5. The molecule has 0 spiro atoms. The van der Waals surface area contributed by atoms with E-state index in [1.807, 2.05) is 24.3 Å². The van der Waals surface area contributed by atoms with Crippen LogP contribution in [0.15, 0.2) is 42.5 Å². The quantitative estimate of drug-likeness (QED) is 0.368. The molecular weight excluding hydrogens is 432 g/mol. The molecule has 1 fully saturated rings. The summed E-state index contributed by atoms with van der Waals surface area (Å²) >= 11 is 0. The van der Waals surface area contributed by atoms with Crippen molar-refractivity contribution in [1.82, 2.24) is 9.96 Å². The molecule has 2 aromatic rings. The first-order chi connectivity index (χ1) is 16.2. The van der Waals surface area contributed by atoms with Crippen molar-refractivity contribution in [3.8, 4) is 5.75 Å². The van der Waals surface area contributed by atoms with Crippen LogP contribution in [0.5, 0.6) is 5.75 Å². The Bertz CT molecular complexity index is 998. The summed E-state index contributed by atoms with van der Waals surface area (Å²) in [6, 6.07) is 12.1. The van der Waals surface area contributed by atoms with Crippen LogP contribution in [-0.2, 0) is 11.2 Å². The Morgan fingerprint density at radius 2 is 1.82 bits per heavy atom. The minimum Gasteiger partial charge on any atom is -0.627 e. The smallest absolute Gasteiger partial charge is 0.339 e. The maximum Gasteiger partial charge on any atom is 0.339 e. The van der Waals surface area contributed by atoms with Gasteiger partial charge in [-0.15, -0.1) is 0 Å². The molecule has 2 N–H and O–H groups in total. The molecule has 7 nitrogen and oxygen atoms in total. The average molecular weight is 469 g/mol. The first-order valence-corrected chi connectivity index (χ1v) is 12.2. The van der Waals surface area contributed by atoms with Gasteiger partial charge in [-0.1, -0.05) is 38.1 Å². The Balaban J connectivity index is 1.84. The van der Waals surface area contributed by atoms with Gasteiger partial charge in [0.25, 0.3) is 0 Å². The normalized spacial score (nSPS) is 16.1. The maximum absolute atomic E-state index is 13.7. The highest BCUT2D eigenvalue weighted by Gasteiger charge is 2.30. The van der Waals surface area contributed by atoms with Crippen molar-refractivity contribution in [3.63, 3.8) is 0 Å². The number of carbonyl (C=O) groups excluding carboxylic acids is 1. The topological polar surface area (TPSA) is 98.7 Å². The number of carboxylic acids is 1. The molecule has 1 heterocycles. The molecule has 1 atom stereocenters. The zero-order valence-electron chi connectivity index (χ0n) is 20.4. The van der Waals surface area contributed by atoms with Crippen LogP contribution in [0.25, 0.3) is 0 Å². The predicted octanol–water partition coefficient (Wildman–Crippen LogP) is 5.22. The number of hydrogen-bond acceptors (Lipinski definition) is 4. The Labute approximate surface area is 201 Å². The summed E-state index contributed by atoms with van der Waals surface area (Å²) in [5.74, 6) is -0.672. The van der Waals surface area contributed by atoms with Crippen LogP contribution in [0.2, 0.25) is 0 Å². The lowest BCUT2D eigenvalue weighted by molar-refractivity contribution is -0.121. The Kier molecular flexibility index (Phi) is 8.69. The van der Waals surface area contributed by atoms with Crippen LogP contribution in [0.3, 0.4) is 0 Å². The van der Waals surface area contributed by atoms with E-state index in [-0.39, 0.29) is 34.3 Å². The number of piperidine rings is 1. The zero-order chi connectivity index (χ0) is 24.7. The summed E-state index contributed by atoms with van der Waals surface area (Å²) < 4.78 is 5.13. The molecule has 3 rings (SSSR count). The molecule has 2 aromatic carbocycles. The minimum atomic E-state index is -1.07. The number of rotatable bonds is 10. The van der Waals surface area contributed by atoms with Gasteiger partial charge in [0.1, 0.15) is 17.0 Å². The lowest BCUT2D eigenvalue weighted by Crippen LogP contribution is -2.48. The SMILES string of the molecule is CCOc1cc(CC(=O)N[C@@H](CC(C)C)c2ccccc2[N+]2([O-])CCCCC2)ccc1C(=O)O. The van der Waals surface area contributed by atoms with Crippen molar-refractivity contribution in [3.05, 3.63) is 64.4 Å². The van der Waals surface area contributed by atoms with E-state index >= 15 is 0 Å². The molecule has 0 saturated carbocycles. The van der Waals surface area contributed by atoms with Crippen LogP contribution >= 0.6 is 0 Å². The average Bonchev–Trinajstić information content (AvgIpc) is 2.79. The summed E-state index contributed by atoms with van der Waals surface area (Å²) in [7, 11) is 0. The molecule has 1 aliphatic rings. The number of nitrogens with one attached hydrogen (secondary N) is 1. The monoisotopic (exact) mass is 468 g/mol. The molecule has 1 amide bonds. The van der Waals surface area contributed by atoms with Crippen LogP contribution in [0, 0.1) is 11.1 Å². The zero-order valence-corrected chi connectivity index (χ0v) is 20.4. The molecule has 34 heavy (non-hydrogen) atoms. The number of quaternary nitrogens is 1. The first-order valence-electron chi connectivity index (χ1n) is 12.2. The van der Waals surface area contributed by atoms with Gasteiger partial charge in [-0.25, -0.2) is 4.79 Å². The first kappa shape index (κ1) is 25.7. The number of aromatic carboxylic acids is 1. The highest BCUT2D eigenvalue weighted by Crippen LogP contribution is 2.36. The van der Waals surface area contributed by atoms with E-state index in [2.05, 4.69) is 19.2 Å². The van der Waals surface area contributed by atoms with Gasteiger partial charge >= 0.3 is 5.97 Å². The lowest BCUT2D eigenvalue weighted by atomic mass is 9.94. The van der Waals surface area contributed by atoms with Crippen molar-refractivity contribution < 1.29 is 19.4 Å². The molecule has 7 heteroatoms. The second-order valence-electron chi connectivity index (χ2n) is 9.45. The molecule has 1 aliphatic heterocycles. The van der Waals surface area contributed by atoms with Gasteiger partial charge < -0.3 is 25.0 Å². The Morgan fingerprint density at radius 3 is 2.47 bits per heavy atom. The number of para-hydroxylation sites is 1. The maximum atomic E-state index is 13.7. The summed E-state index contributed by atoms with van der Waals surface area (Å²) in [6.07, 6.45) is 3.71. The summed E-state index contributed by atoms with van der Waals surface area (Å²) in [5, 5.41) is 26.2. The summed E-state index contributed by atoms with van der Waals surface area (Å²) in [6.45, 7) is 7.45. The Morgan fingerprint density at radius 1 is 1.12 bits per heavy atom. The molecule has 0 bridgehead atoms. The number of nitrogens with zero attached hydrogens (tertiary/aromatic N) is 1. The number of carboxylic acid groups (broad SMARTS) is 1. The van der Waals surface area contributed by atoms with Crippen molar-refractivity contribution in [1.29, 1.82) is 0 Å². The van der Waals surface area contributed by atoms with Gasteiger partial charge in [0.2, 0.25) is 5.91 Å². The second-order valence-corrected chi connectivity index (χ2v) is 9.45. The van der Waals surface area contributed by atoms with Crippen LogP contribution in [0.1, 0.15) is 74.0 Å². The lowest BCUT2D eigenvalue weighted by Gasteiger charge is -2.46. The largest absolute Gasteiger partial charge is 0.627 e. The van der Waals surface area contributed by atoms with E-state index in [1.54, 1.807) is 19.1 Å². The molecule has 0 aromatic heterocycles. The van der Waals surface area contributed by atoms with E-state index in [0.717, 1.165) is 30.5 Å². The third-order valence-corrected chi connectivity index (χ3v) is 6.27. The fraction of sp³-hybridized carbons (Fsp3) is 0.481. The van der Waals surface area contributed by atoms with Crippen LogP contribution in [-0.4, -0.2) is 36.7 Å². The third-order valence-electron chi connectivity index (χ3n) is 6.27. The number of carbonyl (C=O) groups is 2. The molecular formula is C27H36N2O5. The number of benzene rings is 2. The van der Waals surface area contributed by atoms with Gasteiger partial charge in [0.05, 0.1) is 32.2 Å². The summed E-state index contributed by atoms with van der Waals surface area (Å²) in [5.41, 5.74) is 2.38. The van der Waals surface area contributed by atoms with E-state index in [9.17, 15) is 19.9 Å². The molecule has 0 aliphatic carbocycles. The fourth-order valence-electron chi connectivity index (χ4n) is 4.71. The number of ether oxygens (including phenoxy) is 1. The van der Waals surface area contributed by atoms with Gasteiger partial charge in [-0.05, 0) is 62.3 Å². The fourth-order valence-corrected chi connectivity index (χ4v) is 4.71. The third kappa shape index (κ3) is 6.36. The van der Waals surface area contributed by atoms with E-state index in [1.165, 1.54) is 6.07 Å². The van der Waals surface area contributed by atoms with E-state index in [0.29, 0.717) is 37.6 Å². The van der Waals surface area contributed by atoms with Crippen LogP contribution < -0.4 is 14.7 Å². The highest BCUT2D eigenvalue weighted by molar-refractivity contribution is 5.91. The van der Waals surface area contributed by atoms with Gasteiger partial charge in [0, 0.05) is 5.56 Å². The van der Waals surface area contributed by atoms with Gasteiger partial charge in [-0.3, -0.25) is 4.79 Å². The summed E-state index contributed by atoms with van der Waals surface area (Å²) in [4.78, 5) is 24.5. The van der Waals surface area contributed by atoms with Crippen LogP contribution in [0.4, 0.5) is 5.69 Å². The number of hydroxylamine groups is 2. The van der Waals surface area contributed by atoms with Crippen molar-refractivity contribution in [2.75, 3.05) is 19.7 Å². The van der Waals surface area contributed by atoms with E-state index in [4.69, 9.17) is 4.74 Å². The van der Waals surface area contributed by atoms with Gasteiger partial charge in [0.15, 0.2) is 0 Å². The minimum absolute atomic E-state index is 0.0728. The predicted molar refractivity (Wildman–Crippen MR) is 134 cm³/mol. The van der Waals surface area contributed by atoms with E-state index < -0.39 is 5.97 Å². The Hall–Kier alpha value is -2.90. The molecule has 184 valence electrons. The molecule has 0 radical (unpaired) electrons. The number of hydrogen-bond donors (Lipinski definition) is 2. The van der Waals surface area contributed by atoms with Crippen molar-refractivity contribution >= 4 is 17.6 Å². The standard InChI is InChI=1S/C27H36N2O5/c1-4-34-25-17-20(12-13-22(25)27(31)32)18-26(30)28-23(16-19(2)3)21-10-6-7-11-24(21)29(33)14-8-5-9-15-29/h6-7,10-13,17,19,23H,4-5,8-9,14-16,18H2,1-3H3,(H,28,30)(H,31,32)/t23-/m0/s1.